The molecule has 3 rings (SSSR count). The lowest BCUT2D eigenvalue weighted by Gasteiger charge is -2.27. The van der Waals surface area contributed by atoms with Gasteiger partial charge in [0.1, 0.15) is 11.9 Å². The normalized spacial score (nSPS) is 12.7. The number of phenolic OH excluding ortho intramolecular Hbond substituents is 1. The summed E-state index contributed by atoms with van der Waals surface area (Å²) in [6, 6.07) is 18.2. The average Bonchev–Trinajstić information content (AvgIpc) is 2.82. The number of amides is 1. The Hall–Kier alpha value is -2.50. The zero-order valence-electron chi connectivity index (χ0n) is 17.9. The third-order valence-electron chi connectivity index (χ3n) is 4.99. The molecule has 174 valence electrons. The topological polar surface area (TPSA) is 94.1 Å². The van der Waals surface area contributed by atoms with Gasteiger partial charge in [0.25, 0.3) is 0 Å². The van der Waals surface area contributed by atoms with E-state index in [4.69, 9.17) is 14.2 Å². The van der Waals surface area contributed by atoms with E-state index in [9.17, 15) is 14.7 Å². The van der Waals surface area contributed by atoms with Gasteiger partial charge in [0.2, 0.25) is 0 Å². The summed E-state index contributed by atoms with van der Waals surface area (Å²) in [5.41, 5.74) is 0.989. The van der Waals surface area contributed by atoms with Crippen LogP contribution in [0.4, 0.5) is 10.5 Å². The van der Waals surface area contributed by atoms with Gasteiger partial charge in [-0.2, -0.15) is 12.6 Å². The first kappa shape index (κ1) is 25.1. The van der Waals surface area contributed by atoms with E-state index in [1.165, 1.54) is 13.2 Å². The molecule has 7 nitrogen and oxygen atoms in total. The molecule has 33 heavy (non-hydrogen) atoms. The molecule has 0 aromatic heterocycles. The molecular formula is C24H24INO6S. The Balaban J connectivity index is 1.84. The Morgan fingerprint density at radius 1 is 1.12 bits per heavy atom. The zero-order chi connectivity index (χ0) is 23.8. The summed E-state index contributed by atoms with van der Waals surface area (Å²) < 4.78 is 17.3. The monoisotopic (exact) mass is 581 g/mol. The minimum absolute atomic E-state index is 0.0345. The van der Waals surface area contributed by atoms with E-state index >= 15 is 0 Å². The molecular weight excluding hydrogens is 557 g/mol. The number of esters is 1. The number of methoxy groups -OCH3 is 1. The maximum absolute atomic E-state index is 12.9. The molecule has 0 unspecified atom stereocenters. The van der Waals surface area contributed by atoms with E-state index < -0.39 is 24.3 Å². The van der Waals surface area contributed by atoms with Crippen LogP contribution in [0.5, 0.6) is 5.75 Å². The number of thiol groups is 1. The highest BCUT2D eigenvalue weighted by Crippen LogP contribution is 2.34. The molecule has 3 aromatic carbocycles. The van der Waals surface area contributed by atoms with Crippen molar-refractivity contribution in [3.05, 3.63) is 69.8 Å². The van der Waals surface area contributed by atoms with Gasteiger partial charge in [0, 0.05) is 28.1 Å². The predicted molar refractivity (Wildman–Crippen MR) is 138 cm³/mol. The summed E-state index contributed by atoms with van der Waals surface area (Å²) in [5, 5.41) is 15.1. The number of rotatable bonds is 9. The summed E-state index contributed by atoms with van der Waals surface area (Å²) in [7, 11) is 1.47. The largest absolute Gasteiger partial charge is 0.508 e. The standard InChI is InChI=1S/C24H24INO6S/c1-30-21(11-12-31-22(28)14-33)23(18-13-16(25)9-10-20(18)27)32-24(29)26-19-8-4-6-15-5-2-3-7-17(15)19/h2-10,13,21,23,27,33H,11-12,14H2,1H3,(H,26,29)/t21-,23-/m0/s1. The summed E-state index contributed by atoms with van der Waals surface area (Å²) in [6.45, 7) is 0.0490. The zero-order valence-corrected chi connectivity index (χ0v) is 20.9. The highest BCUT2D eigenvalue weighted by atomic mass is 127. The molecule has 0 fully saturated rings. The second kappa shape index (κ2) is 12.1. The second-order valence-corrected chi connectivity index (χ2v) is 8.68. The number of nitrogens with one attached hydrogen (secondary N) is 1. The molecule has 0 radical (unpaired) electrons. The Labute approximate surface area is 211 Å². The van der Waals surface area contributed by atoms with Gasteiger partial charge >= 0.3 is 12.1 Å². The summed E-state index contributed by atoms with van der Waals surface area (Å²) in [4.78, 5) is 24.3. The number of phenols is 1. The molecule has 0 aliphatic carbocycles. The minimum Gasteiger partial charge on any atom is -0.508 e. The van der Waals surface area contributed by atoms with Crippen LogP contribution in [-0.2, 0) is 19.0 Å². The second-order valence-electron chi connectivity index (χ2n) is 7.12. The quantitative estimate of drug-likeness (QED) is 0.180. The SMILES string of the molecule is CO[C@@H](CCOC(=O)CS)[C@@H](OC(=O)Nc1cccc2ccccc12)c1cc(I)ccc1O. The van der Waals surface area contributed by atoms with Crippen LogP contribution in [0.2, 0.25) is 0 Å². The third-order valence-corrected chi connectivity index (χ3v) is 5.92. The minimum atomic E-state index is -0.950. The van der Waals surface area contributed by atoms with Crippen LogP contribution in [0.15, 0.2) is 60.7 Å². The number of halogens is 1. The fourth-order valence-corrected chi connectivity index (χ4v) is 4.02. The van der Waals surface area contributed by atoms with Crippen LogP contribution in [0, 0.1) is 3.57 Å². The van der Waals surface area contributed by atoms with E-state index in [0.29, 0.717) is 11.3 Å². The van der Waals surface area contributed by atoms with E-state index in [2.05, 4.69) is 40.5 Å². The molecule has 2 N–H and O–H groups in total. The van der Waals surface area contributed by atoms with Gasteiger partial charge in [-0.05, 0) is 52.2 Å². The Kier molecular flexibility index (Phi) is 9.21. The van der Waals surface area contributed by atoms with Gasteiger partial charge in [0.15, 0.2) is 6.10 Å². The number of hydrogen-bond acceptors (Lipinski definition) is 7. The molecule has 0 saturated heterocycles. The number of carbonyl (C=O) groups excluding carboxylic acids is 2. The van der Waals surface area contributed by atoms with Crippen LogP contribution in [0.3, 0.4) is 0 Å². The average molecular weight is 581 g/mol. The van der Waals surface area contributed by atoms with Crippen molar-refractivity contribution >= 4 is 63.7 Å². The van der Waals surface area contributed by atoms with Crippen molar-refractivity contribution in [3.8, 4) is 5.75 Å². The third kappa shape index (κ3) is 6.75. The molecule has 0 aliphatic rings. The first-order valence-corrected chi connectivity index (χ1v) is 11.9. The molecule has 9 heteroatoms. The molecule has 1 amide bonds. The highest BCUT2D eigenvalue weighted by Gasteiger charge is 2.30. The maximum Gasteiger partial charge on any atom is 0.412 e. The molecule has 0 heterocycles. The van der Waals surface area contributed by atoms with Crippen molar-refractivity contribution < 1.29 is 28.9 Å². The van der Waals surface area contributed by atoms with Crippen molar-refractivity contribution in [1.82, 2.24) is 0 Å². The van der Waals surface area contributed by atoms with Gasteiger partial charge < -0.3 is 19.3 Å². The predicted octanol–water partition coefficient (Wildman–Crippen LogP) is 5.32. The van der Waals surface area contributed by atoms with Gasteiger partial charge in [-0.15, -0.1) is 0 Å². The van der Waals surface area contributed by atoms with Gasteiger partial charge in [-0.3, -0.25) is 10.1 Å². The lowest BCUT2D eigenvalue weighted by Crippen LogP contribution is -2.29. The van der Waals surface area contributed by atoms with Crippen LogP contribution >= 0.6 is 35.2 Å². The number of anilines is 1. The fourth-order valence-electron chi connectivity index (χ4n) is 3.41. The summed E-state index contributed by atoms with van der Waals surface area (Å²) in [6.07, 6.45) is -2.09. The Bertz CT molecular complexity index is 1120. The van der Waals surface area contributed by atoms with Crippen molar-refractivity contribution in [2.45, 2.75) is 18.6 Å². The first-order chi connectivity index (χ1) is 15.9. The molecule has 0 saturated carbocycles. The van der Waals surface area contributed by atoms with Crippen molar-refractivity contribution in [2.75, 3.05) is 24.8 Å². The fraction of sp³-hybridized carbons (Fsp3) is 0.250. The molecule has 3 aromatic rings. The Morgan fingerprint density at radius 3 is 2.64 bits per heavy atom. The number of fused-ring (bicyclic) bond motifs is 1. The van der Waals surface area contributed by atoms with E-state index in [-0.39, 0.29) is 24.5 Å². The van der Waals surface area contributed by atoms with Gasteiger partial charge in [-0.25, -0.2) is 4.79 Å². The molecule has 0 bridgehead atoms. The number of carbonyl (C=O) groups is 2. The number of hydrogen-bond donors (Lipinski definition) is 3. The molecule has 2 atom stereocenters. The van der Waals surface area contributed by atoms with Gasteiger partial charge in [0.05, 0.1) is 18.0 Å². The lowest BCUT2D eigenvalue weighted by atomic mass is 10.0. The number of benzene rings is 3. The van der Waals surface area contributed by atoms with E-state index in [1.54, 1.807) is 18.2 Å². The summed E-state index contributed by atoms with van der Waals surface area (Å²) >= 11 is 6.00. The number of ether oxygens (including phenoxy) is 3. The van der Waals surface area contributed by atoms with E-state index in [1.807, 2.05) is 36.4 Å². The first-order valence-electron chi connectivity index (χ1n) is 10.2. The maximum atomic E-state index is 12.9. The number of aromatic hydroxyl groups is 1. The van der Waals surface area contributed by atoms with E-state index in [0.717, 1.165) is 14.3 Å². The van der Waals surface area contributed by atoms with Crippen molar-refractivity contribution in [1.29, 1.82) is 0 Å². The van der Waals surface area contributed by atoms with Crippen LogP contribution in [-0.4, -0.2) is 42.7 Å². The smallest absolute Gasteiger partial charge is 0.412 e. The van der Waals surface area contributed by atoms with Crippen LogP contribution in [0.1, 0.15) is 18.1 Å². The van der Waals surface area contributed by atoms with Crippen LogP contribution in [0.25, 0.3) is 10.8 Å². The highest BCUT2D eigenvalue weighted by molar-refractivity contribution is 14.1. The molecule has 0 spiro atoms. The summed E-state index contributed by atoms with van der Waals surface area (Å²) in [5.74, 6) is -0.535. The molecule has 0 aliphatic heterocycles. The van der Waals surface area contributed by atoms with Crippen molar-refractivity contribution in [3.63, 3.8) is 0 Å². The van der Waals surface area contributed by atoms with Crippen molar-refractivity contribution in [2.24, 2.45) is 0 Å². The van der Waals surface area contributed by atoms with Gasteiger partial charge in [-0.1, -0.05) is 36.4 Å². The van der Waals surface area contributed by atoms with Crippen LogP contribution < -0.4 is 5.32 Å². The Morgan fingerprint density at radius 2 is 1.88 bits per heavy atom. The lowest BCUT2D eigenvalue weighted by molar-refractivity contribution is -0.141.